The van der Waals surface area contributed by atoms with E-state index in [0.29, 0.717) is 45.7 Å². The van der Waals surface area contributed by atoms with E-state index in [4.69, 9.17) is 11.3 Å². The fourth-order valence-electron chi connectivity index (χ4n) is 14.3. The summed E-state index contributed by atoms with van der Waals surface area (Å²) in [6, 6.07) is 25.8. The fraction of sp³-hybridized carbons (Fsp3) is 0.565. The van der Waals surface area contributed by atoms with Gasteiger partial charge in [0.15, 0.2) is 22.3 Å². The molecular formula is C62H97N6O2PSi2. The number of rotatable bonds is 16. The maximum Gasteiger partial charge on any atom is 0.171 e. The summed E-state index contributed by atoms with van der Waals surface area (Å²) >= 11 is 0. The minimum Gasteiger partial charge on any atom is -0.388 e. The first kappa shape index (κ1) is 58.5. The summed E-state index contributed by atoms with van der Waals surface area (Å²) in [4.78, 5) is 28.8. The Balaban J connectivity index is 0.000000257. The highest BCUT2D eigenvalue weighted by atomic mass is 31.0. The number of Topliss-reactive ketones (excluding diaryl/α,β-unsaturated/α-hetero) is 1. The average molecular weight is 1050 g/mol. The number of aryl methyl sites for hydroxylation is 2. The molecule has 73 heavy (non-hydrogen) atoms. The fourth-order valence-corrected chi connectivity index (χ4v) is 27.4. The number of fused-ring (bicyclic) bond motifs is 2. The number of nitrogens with zero attached hydrogens (tertiary/aromatic N) is 6. The van der Waals surface area contributed by atoms with Crippen LogP contribution < -0.4 is 0 Å². The first-order valence-electron chi connectivity index (χ1n) is 28.2. The van der Waals surface area contributed by atoms with Gasteiger partial charge in [0.05, 0.1) is 6.10 Å². The van der Waals surface area contributed by atoms with Crippen LogP contribution in [-0.2, 0) is 13.1 Å². The number of likely N-dealkylation sites (tertiary alicyclic amines) is 2. The number of hydrogen-bond acceptors (Lipinski definition) is 6. The number of benzene rings is 2. The molecule has 2 fully saturated rings. The third kappa shape index (κ3) is 12.3. The lowest BCUT2D eigenvalue weighted by Gasteiger charge is -2.44. The number of piperidine rings is 2. The second-order valence-corrected chi connectivity index (χ2v) is 34.6. The zero-order valence-electron chi connectivity index (χ0n) is 47.8. The Morgan fingerprint density at radius 2 is 0.986 bits per heavy atom. The standard InChI is InChI=1S/C30H45N3OSi.C30H43N3OSi.CH5P.CH4/c2*1-21(2)35(22(3)4,23(5)6)33-18-15-27-28(24(7)19-31-30(27)33)29(34)26-13-16-32(17-14-26)20-25-11-9-8-10-12-25;1-2;/h8-12,15,18-19,21-23,26,29,34H,13-14,16-17,20H2,1-7H3;8-12,15,18-19,21-23,26H,13-14,16-17,20H2,1-7H3;2H2,1H3;1H4/i;;1D;. The summed E-state index contributed by atoms with van der Waals surface area (Å²) in [6.07, 6.45) is 12.0. The molecule has 0 bridgehead atoms. The van der Waals surface area contributed by atoms with Gasteiger partial charge < -0.3 is 13.6 Å². The van der Waals surface area contributed by atoms with Crippen molar-refractivity contribution in [2.75, 3.05) is 32.8 Å². The normalized spacial score (nSPS) is 16.3. The Labute approximate surface area is 449 Å². The molecule has 6 aromatic rings. The highest BCUT2D eigenvalue weighted by molar-refractivity contribution is 7.15. The maximum atomic E-state index is 13.9. The van der Waals surface area contributed by atoms with E-state index in [1.165, 1.54) is 11.1 Å². The molecule has 0 saturated carbocycles. The first-order valence-corrected chi connectivity index (χ1v) is 32.6. The predicted molar refractivity (Wildman–Crippen MR) is 322 cm³/mol. The zero-order valence-corrected chi connectivity index (χ0v) is 50.0. The van der Waals surface area contributed by atoms with Gasteiger partial charge in [-0.25, -0.2) is 9.97 Å². The molecule has 2 aromatic carbocycles. The van der Waals surface area contributed by atoms with Gasteiger partial charge in [-0.1, -0.05) is 158 Å². The van der Waals surface area contributed by atoms with Gasteiger partial charge in [0.1, 0.15) is 11.3 Å². The summed E-state index contributed by atoms with van der Waals surface area (Å²) < 4.78 is 11.3. The lowest BCUT2D eigenvalue weighted by atomic mass is 9.85. The molecule has 2 unspecified atom stereocenters. The van der Waals surface area contributed by atoms with Gasteiger partial charge in [0.2, 0.25) is 0 Å². The van der Waals surface area contributed by atoms with Crippen LogP contribution in [0.4, 0.5) is 0 Å². The number of hydrogen-bond donors (Lipinski definition) is 1. The molecule has 2 atom stereocenters. The van der Waals surface area contributed by atoms with Crippen LogP contribution in [0, 0.1) is 25.7 Å². The van der Waals surface area contributed by atoms with E-state index >= 15 is 0 Å². The van der Waals surface area contributed by atoms with E-state index in [1.807, 2.05) is 12.4 Å². The first-order chi connectivity index (χ1) is 34.8. The summed E-state index contributed by atoms with van der Waals surface area (Å²) in [6.45, 7) is 39.2. The smallest absolute Gasteiger partial charge is 0.171 e. The number of aliphatic hydroxyl groups excluding tert-OH is 1. The number of pyridine rings is 2. The molecule has 4 aromatic heterocycles. The largest absolute Gasteiger partial charge is 0.388 e. The van der Waals surface area contributed by atoms with Crippen LogP contribution in [0.3, 0.4) is 0 Å². The summed E-state index contributed by atoms with van der Waals surface area (Å²) in [5, 5.41) is 13.9. The van der Waals surface area contributed by atoms with Crippen LogP contribution in [0.25, 0.3) is 22.1 Å². The predicted octanol–water partition coefficient (Wildman–Crippen LogP) is 15.9. The molecule has 8 nitrogen and oxygen atoms in total. The number of aromatic nitrogens is 4. The van der Waals surface area contributed by atoms with E-state index in [2.05, 4.69) is 210 Å². The Morgan fingerprint density at radius 3 is 1.40 bits per heavy atom. The molecule has 2 saturated heterocycles. The van der Waals surface area contributed by atoms with E-state index in [1.54, 1.807) is 0 Å². The minimum absolute atomic E-state index is 0. The maximum absolute atomic E-state index is 13.9. The van der Waals surface area contributed by atoms with Gasteiger partial charge in [0, 0.05) is 49.1 Å². The van der Waals surface area contributed by atoms with Crippen molar-refractivity contribution in [3.63, 3.8) is 0 Å². The lowest BCUT2D eigenvalue weighted by molar-refractivity contribution is 0.0573. The van der Waals surface area contributed by atoms with Gasteiger partial charge in [-0.15, -0.1) is 9.24 Å². The van der Waals surface area contributed by atoms with Gasteiger partial charge in [-0.2, -0.15) is 0 Å². The van der Waals surface area contributed by atoms with Crippen LogP contribution in [0.2, 0.25) is 33.2 Å². The lowest BCUT2D eigenvalue weighted by Crippen LogP contribution is -2.51. The second kappa shape index (κ2) is 26.3. The van der Waals surface area contributed by atoms with Crippen molar-refractivity contribution >= 4 is 53.6 Å². The van der Waals surface area contributed by atoms with Crippen molar-refractivity contribution in [3.05, 3.63) is 131 Å². The third-order valence-electron chi connectivity index (χ3n) is 17.3. The van der Waals surface area contributed by atoms with E-state index in [-0.39, 0.29) is 19.3 Å². The summed E-state index contributed by atoms with van der Waals surface area (Å²) in [5.74, 6) is 0.701. The Hall–Kier alpha value is -3.77. The van der Waals surface area contributed by atoms with Crippen LogP contribution >= 0.6 is 9.24 Å². The average Bonchev–Trinajstić information content (AvgIpc) is 3.97. The molecule has 2 aliphatic heterocycles. The van der Waals surface area contributed by atoms with Crippen molar-refractivity contribution in [2.24, 2.45) is 11.8 Å². The number of aliphatic hydroxyl groups is 1. The number of carbonyl (C=O) groups excluding carboxylic acids is 1. The molecule has 0 aliphatic carbocycles. The van der Waals surface area contributed by atoms with Crippen molar-refractivity contribution in [1.82, 2.24) is 28.2 Å². The Bertz CT molecular complexity index is 2630. The molecule has 400 valence electrons. The van der Waals surface area contributed by atoms with Gasteiger partial charge >= 0.3 is 0 Å². The Kier molecular flexibility index (Phi) is 21.1. The molecule has 1 N–H and O–H groups in total. The SMILES string of the molecule is C.Cc1cnc2c(ccn2[Si](C(C)C)(C(C)C)C(C)C)c1C(=O)C1CCN(Cc2ccccc2)CC1.Cc1cnc2c(ccn2[Si](C(C)C)(C(C)C)C(C)C)c1C(O)C1CCN(Cc2ccccc2)CC1.[2H]CP. The van der Waals surface area contributed by atoms with Crippen LogP contribution in [0.15, 0.2) is 97.6 Å². The number of carbonyl (C=O) groups is 1. The minimum atomic E-state index is -1.94. The molecule has 2 aliphatic rings. The quantitative estimate of drug-likeness (QED) is 0.0591. The molecule has 6 heterocycles. The molecular weight excluding hydrogens is 948 g/mol. The highest BCUT2D eigenvalue weighted by Crippen LogP contribution is 2.47. The van der Waals surface area contributed by atoms with Crippen molar-refractivity contribution in [3.8, 4) is 0 Å². The molecule has 0 radical (unpaired) electrons. The Morgan fingerprint density at radius 1 is 0.616 bits per heavy atom. The second-order valence-electron chi connectivity index (χ2n) is 23.2. The van der Waals surface area contributed by atoms with Crippen molar-refractivity contribution in [1.29, 1.82) is 0 Å². The zero-order chi connectivity index (χ0) is 53.4. The van der Waals surface area contributed by atoms with E-state index in [9.17, 15) is 9.90 Å². The molecule has 8 rings (SSSR count). The summed E-state index contributed by atoms with van der Waals surface area (Å²) in [7, 11) is -1.61. The monoisotopic (exact) mass is 1050 g/mol. The van der Waals surface area contributed by atoms with Crippen molar-refractivity contribution in [2.45, 2.75) is 182 Å². The molecule has 0 amide bonds. The van der Waals surface area contributed by atoms with E-state index < -0.39 is 22.6 Å². The van der Waals surface area contributed by atoms with Crippen LogP contribution in [0.1, 0.15) is 162 Å². The third-order valence-corrected chi connectivity index (χ3v) is 30.8. The van der Waals surface area contributed by atoms with Gasteiger partial charge in [-0.05, 0) is 157 Å². The number of ketones is 1. The summed E-state index contributed by atoms with van der Waals surface area (Å²) in [5.41, 5.74) is 12.5. The topological polar surface area (TPSA) is 79.4 Å². The molecule has 11 heteroatoms. The molecule has 0 spiro atoms. The van der Waals surface area contributed by atoms with E-state index in [0.717, 1.165) is 109 Å². The van der Waals surface area contributed by atoms with Crippen LogP contribution in [-0.4, -0.2) is 88.4 Å². The van der Waals surface area contributed by atoms with Crippen molar-refractivity contribution < 1.29 is 11.3 Å². The van der Waals surface area contributed by atoms with Gasteiger partial charge in [0.25, 0.3) is 0 Å². The van der Waals surface area contributed by atoms with Gasteiger partial charge in [-0.3, -0.25) is 14.6 Å². The highest BCUT2D eigenvalue weighted by Gasteiger charge is 2.48. The van der Waals surface area contributed by atoms with Crippen LogP contribution in [0.5, 0.6) is 0 Å².